The number of hydrogen-bond donors (Lipinski definition) is 0. The molecule has 0 saturated carbocycles. The molecule has 0 aromatic heterocycles. The van der Waals surface area contributed by atoms with E-state index in [1.165, 1.54) is 0 Å². The van der Waals surface area contributed by atoms with Crippen LogP contribution in [0, 0.1) is 0 Å². The Balaban J connectivity index is 0. The second-order valence-electron chi connectivity index (χ2n) is 0. The first-order chi connectivity index (χ1) is 0. The fourth-order valence-corrected chi connectivity index (χ4v) is 0. The zero-order valence-electron chi connectivity index (χ0n) is 1.62. The normalized spacial score (nSPS) is 0. The quantitative estimate of drug-likeness (QED) is 0.545. The van der Waals surface area contributed by atoms with Gasteiger partial charge in [0.15, 0.2) is 0 Å². The molecule has 0 aliphatic heterocycles. The van der Waals surface area contributed by atoms with Crippen molar-refractivity contribution in [3.05, 3.63) is 0 Å². The summed E-state index contributed by atoms with van der Waals surface area (Å²) in [6, 6.07) is 0. The predicted octanol–water partition coefficient (Wildman–Crippen LogP) is 0.570. The Morgan fingerprint density at radius 1 is 1.00 bits per heavy atom. The van der Waals surface area contributed by atoms with Gasteiger partial charge in [-0.1, -0.05) is 0 Å². The first-order valence-electron chi connectivity index (χ1n) is 0. The van der Waals surface area contributed by atoms with Crippen LogP contribution >= 0.6 is 17.0 Å². The Kier molecular flexibility index (Phi) is 149. The Morgan fingerprint density at radius 2 is 1.00 bits per heavy atom. The summed E-state index contributed by atoms with van der Waals surface area (Å²) in [6.45, 7) is 0. The summed E-state index contributed by atoms with van der Waals surface area (Å²) in [6.07, 6.45) is 0. The average Bonchev–Trinajstić information content (AvgIpc) is 0. The minimum absolute atomic E-state index is 0. The Bertz CT molecular complexity index is 8.00. The van der Waals surface area contributed by atoms with Gasteiger partial charge in [-0.3, -0.25) is 0 Å². The first kappa shape index (κ1) is 32.6. The van der Waals surface area contributed by atoms with Gasteiger partial charge >= 0.3 is 0 Å². The van der Waals surface area contributed by atoms with Crippen LogP contribution in [0.3, 0.4) is 0 Å². The van der Waals surface area contributed by atoms with E-state index in [4.69, 9.17) is 0 Å². The maximum Gasteiger partial charge on any atom is 0 e. The molecule has 0 spiro atoms. The number of rotatable bonds is 0. The molecule has 0 aliphatic rings. The molecule has 4 heteroatoms. The van der Waals surface area contributed by atoms with Gasteiger partial charge in [0, 0.05) is 59.7 Å². The molecule has 0 saturated heterocycles. The number of halogens is 1. The average molecular weight is 373 g/mol. The predicted molar refractivity (Wildman–Crippen MR) is 10.3 cm³/mol. The minimum Gasteiger partial charge on any atom is -0.114 e. The van der Waals surface area contributed by atoms with Gasteiger partial charge in [-0.2, -0.15) is 0 Å². The van der Waals surface area contributed by atoms with Crippen molar-refractivity contribution in [3.63, 3.8) is 0 Å². The molecular weight excluding hydrogens is 372 g/mol. The van der Waals surface area contributed by atoms with Crippen molar-refractivity contribution in [2.24, 2.45) is 0 Å². The zero-order valence-corrected chi connectivity index (χ0v) is 9.15. The molecule has 0 bridgehead atoms. The van der Waals surface area contributed by atoms with Gasteiger partial charge in [0.2, 0.25) is 0 Å². The minimum atomic E-state index is 0. The van der Waals surface area contributed by atoms with E-state index < -0.39 is 0 Å². The molecule has 28 valence electrons. The van der Waals surface area contributed by atoms with Crippen molar-refractivity contribution in [1.29, 1.82) is 0 Å². The Morgan fingerprint density at radius 3 is 1.00 bits per heavy atom. The van der Waals surface area contributed by atoms with Crippen molar-refractivity contribution in [3.8, 4) is 0 Å². The van der Waals surface area contributed by atoms with Crippen LogP contribution in [0.15, 0.2) is 0 Å². The molecule has 4 heavy (non-hydrogen) atoms. The van der Waals surface area contributed by atoms with Gasteiger partial charge in [0.1, 0.15) is 0 Å². The van der Waals surface area contributed by atoms with E-state index in [9.17, 15) is 0 Å². The Hall–Kier alpha value is 2.38. The van der Waals surface area contributed by atoms with E-state index >= 15 is 0 Å². The van der Waals surface area contributed by atoms with Crippen LogP contribution in [0.5, 0.6) is 0 Å². The SMILES string of the molecule is Br.[Co].[Hf].[Mn]. The molecule has 0 nitrogen and oxygen atoms in total. The summed E-state index contributed by atoms with van der Waals surface area (Å²) in [7, 11) is 0. The standard InChI is InChI=1S/BrH.Co.Hf.Mn/h1H;;;. The summed E-state index contributed by atoms with van der Waals surface area (Å²) in [5, 5.41) is 0. The van der Waals surface area contributed by atoms with E-state index in [-0.39, 0.29) is 76.7 Å². The fraction of sp³-hybridized carbons (Fsp3) is 0. The van der Waals surface area contributed by atoms with Gasteiger partial charge in [0.25, 0.3) is 0 Å². The van der Waals surface area contributed by atoms with E-state index in [2.05, 4.69) is 0 Å². The molecule has 0 amide bonds. The second-order valence-corrected chi connectivity index (χ2v) is 0. The van der Waals surface area contributed by atoms with Crippen molar-refractivity contribution >= 4 is 17.0 Å². The van der Waals surface area contributed by atoms with E-state index in [0.717, 1.165) is 0 Å². The van der Waals surface area contributed by atoms with E-state index in [0.29, 0.717) is 0 Å². The van der Waals surface area contributed by atoms with Crippen LogP contribution in [0.1, 0.15) is 0 Å². The summed E-state index contributed by atoms with van der Waals surface area (Å²) in [4.78, 5) is 0. The molecule has 0 aliphatic carbocycles. The zero-order chi connectivity index (χ0) is 0. The third kappa shape index (κ3) is 8.83. The van der Waals surface area contributed by atoms with Crippen molar-refractivity contribution < 1.29 is 59.7 Å². The second kappa shape index (κ2) is 18.2. The molecule has 2 radical (unpaired) electrons. The van der Waals surface area contributed by atoms with Crippen molar-refractivity contribution in [2.45, 2.75) is 0 Å². The van der Waals surface area contributed by atoms with Crippen LogP contribution in [0.25, 0.3) is 0 Å². The maximum atomic E-state index is 0. The fourth-order valence-electron chi connectivity index (χ4n) is 0. The van der Waals surface area contributed by atoms with Crippen LogP contribution in [-0.4, -0.2) is 0 Å². The number of hydrogen-bond acceptors (Lipinski definition) is 0. The third-order valence-electron chi connectivity index (χ3n) is 0. The molecule has 0 aromatic rings. The van der Waals surface area contributed by atoms with Crippen LogP contribution in [0.4, 0.5) is 0 Å². The molecule has 0 aromatic carbocycles. The van der Waals surface area contributed by atoms with Gasteiger partial charge in [-0.05, 0) is 0 Å². The molecular formula is HBrCoHfMn. The molecule has 0 N–H and O–H groups in total. The van der Waals surface area contributed by atoms with Crippen molar-refractivity contribution in [1.82, 2.24) is 0 Å². The Labute approximate surface area is 75.7 Å². The molecule has 0 fully saturated rings. The summed E-state index contributed by atoms with van der Waals surface area (Å²) >= 11 is 0. The smallest absolute Gasteiger partial charge is 0 e. The van der Waals surface area contributed by atoms with Gasteiger partial charge in [0.05, 0.1) is 0 Å². The van der Waals surface area contributed by atoms with E-state index in [1.807, 2.05) is 0 Å². The first-order valence-corrected chi connectivity index (χ1v) is 0. The van der Waals surface area contributed by atoms with Gasteiger partial charge in [-0.15, -0.1) is 17.0 Å². The van der Waals surface area contributed by atoms with Crippen molar-refractivity contribution in [2.75, 3.05) is 0 Å². The van der Waals surface area contributed by atoms with E-state index in [1.54, 1.807) is 0 Å². The maximum absolute atomic E-state index is 0. The summed E-state index contributed by atoms with van der Waals surface area (Å²) in [5.41, 5.74) is 0. The van der Waals surface area contributed by atoms with Crippen LogP contribution < -0.4 is 0 Å². The molecule has 0 heterocycles. The van der Waals surface area contributed by atoms with Gasteiger partial charge < -0.3 is 0 Å². The van der Waals surface area contributed by atoms with Crippen LogP contribution in [-0.2, 0) is 59.7 Å². The molecule has 0 atom stereocenters. The van der Waals surface area contributed by atoms with Crippen LogP contribution in [0.2, 0.25) is 0 Å². The van der Waals surface area contributed by atoms with Gasteiger partial charge in [-0.25, -0.2) is 0 Å². The molecule has 0 rings (SSSR count). The monoisotopic (exact) mass is 374 g/mol. The molecule has 0 unspecified atom stereocenters. The summed E-state index contributed by atoms with van der Waals surface area (Å²) < 4.78 is 0. The summed E-state index contributed by atoms with van der Waals surface area (Å²) in [5.74, 6) is 0. The topological polar surface area (TPSA) is 0 Å². The third-order valence-corrected chi connectivity index (χ3v) is 0. The largest absolute Gasteiger partial charge is 0.114 e.